The van der Waals surface area contributed by atoms with Gasteiger partial charge < -0.3 is 15.5 Å². The monoisotopic (exact) mass is 410 g/mol. The lowest BCUT2D eigenvalue weighted by Crippen LogP contribution is -2.52. The predicted octanol–water partition coefficient (Wildman–Crippen LogP) is 0.191. The molecule has 1 fully saturated rings. The van der Waals surface area contributed by atoms with Crippen molar-refractivity contribution >= 4 is 55.1 Å². The highest BCUT2D eigenvalue weighted by Crippen LogP contribution is 2.12. The number of hydrogen-bond donors (Lipinski definition) is 1. The van der Waals surface area contributed by atoms with Gasteiger partial charge in [-0.05, 0) is 44.1 Å². The second kappa shape index (κ2) is 6.14. The zero-order valence-corrected chi connectivity index (χ0v) is 13.9. The second-order valence-electron chi connectivity index (χ2n) is 4.01. The highest BCUT2D eigenvalue weighted by molar-refractivity contribution is 9.11. The van der Waals surface area contributed by atoms with E-state index in [0.717, 1.165) is 0 Å². The topological polar surface area (TPSA) is 80.3 Å². The average Bonchev–Trinajstić information content (AvgIpc) is 2.68. The molecule has 0 saturated carbocycles. The summed E-state index contributed by atoms with van der Waals surface area (Å²) < 4.78 is 2.48. The number of nitrogens with two attached hydrogens (primary N) is 1. The summed E-state index contributed by atoms with van der Waals surface area (Å²) in [5.41, 5.74) is 5.56. The summed E-state index contributed by atoms with van der Waals surface area (Å²) in [5.74, 6) is 0.000639. The fraction of sp³-hybridized carbons (Fsp3) is 0.556. The Morgan fingerprint density at radius 2 is 1.84 bits per heavy atom. The van der Waals surface area contributed by atoms with E-state index in [4.69, 9.17) is 18.0 Å². The molecule has 10 heteroatoms. The normalized spacial score (nSPS) is 15.7. The molecular weight excluding hydrogens is 400 g/mol. The van der Waals surface area contributed by atoms with Crippen LogP contribution in [0.3, 0.4) is 0 Å². The molecule has 2 heterocycles. The summed E-state index contributed by atoms with van der Waals surface area (Å²) >= 11 is 11.3. The number of rotatable bonds is 2. The summed E-state index contributed by atoms with van der Waals surface area (Å²) in [5, 5.41) is 4.45. The van der Waals surface area contributed by atoms with E-state index in [2.05, 4.69) is 41.9 Å². The minimum absolute atomic E-state index is 0.000639. The Hall–Kier alpha value is -0.740. The van der Waals surface area contributed by atoms with Crippen molar-refractivity contribution in [2.24, 2.45) is 5.73 Å². The standard InChI is InChI=1S/C9H12Br2N6OS/c10-7-13-8(11)17(14-7)5-6(18)15-1-3-16(4-2-15)9(12)19/h1-5H2,(H2,12,19). The lowest BCUT2D eigenvalue weighted by Gasteiger charge is -2.35. The number of nitrogens with zero attached hydrogens (tertiary/aromatic N) is 5. The zero-order chi connectivity index (χ0) is 14.0. The largest absolute Gasteiger partial charge is 0.376 e. The molecule has 0 atom stereocenters. The lowest BCUT2D eigenvalue weighted by atomic mass is 10.3. The molecule has 0 aliphatic carbocycles. The third-order valence-corrected chi connectivity index (χ3v) is 4.01. The smallest absolute Gasteiger partial charge is 0.244 e. The maximum absolute atomic E-state index is 12.1. The molecule has 7 nitrogen and oxygen atoms in total. The van der Waals surface area contributed by atoms with Gasteiger partial charge in [-0.2, -0.15) is 4.98 Å². The third-order valence-electron chi connectivity index (χ3n) is 2.83. The first-order valence-corrected chi connectivity index (χ1v) is 7.55. The molecule has 1 amide bonds. The summed E-state index contributed by atoms with van der Waals surface area (Å²) in [7, 11) is 0. The van der Waals surface area contributed by atoms with E-state index >= 15 is 0 Å². The first-order chi connectivity index (χ1) is 8.97. The molecule has 19 heavy (non-hydrogen) atoms. The Labute approximate surface area is 132 Å². The van der Waals surface area contributed by atoms with Gasteiger partial charge in [-0.3, -0.25) is 4.79 Å². The molecule has 0 radical (unpaired) electrons. The van der Waals surface area contributed by atoms with Crippen LogP contribution < -0.4 is 5.73 Å². The maximum Gasteiger partial charge on any atom is 0.244 e. The van der Waals surface area contributed by atoms with Crippen molar-refractivity contribution in [2.75, 3.05) is 26.2 Å². The van der Waals surface area contributed by atoms with Crippen molar-refractivity contribution < 1.29 is 4.79 Å². The van der Waals surface area contributed by atoms with Crippen molar-refractivity contribution in [3.8, 4) is 0 Å². The van der Waals surface area contributed by atoms with Crippen LogP contribution in [0, 0.1) is 0 Å². The molecule has 0 unspecified atom stereocenters. The van der Waals surface area contributed by atoms with E-state index < -0.39 is 0 Å². The van der Waals surface area contributed by atoms with Crippen LogP contribution in [0.5, 0.6) is 0 Å². The van der Waals surface area contributed by atoms with Crippen molar-refractivity contribution in [1.82, 2.24) is 24.6 Å². The molecule has 1 aromatic heterocycles. The molecule has 104 valence electrons. The molecule has 1 saturated heterocycles. The van der Waals surface area contributed by atoms with Gasteiger partial charge in [0.1, 0.15) is 6.54 Å². The average molecular weight is 412 g/mol. The van der Waals surface area contributed by atoms with Gasteiger partial charge in [0.05, 0.1) is 0 Å². The predicted molar refractivity (Wildman–Crippen MR) is 80.4 cm³/mol. The Kier molecular flexibility index (Phi) is 4.74. The molecule has 1 aliphatic heterocycles. The summed E-state index contributed by atoms with van der Waals surface area (Å²) in [6, 6.07) is 0. The van der Waals surface area contributed by atoms with Gasteiger partial charge in [0, 0.05) is 26.2 Å². The van der Waals surface area contributed by atoms with E-state index in [0.29, 0.717) is 40.8 Å². The van der Waals surface area contributed by atoms with Crippen LogP contribution in [0.4, 0.5) is 0 Å². The van der Waals surface area contributed by atoms with Gasteiger partial charge in [-0.15, -0.1) is 5.10 Å². The maximum atomic E-state index is 12.1. The minimum Gasteiger partial charge on any atom is -0.376 e. The Morgan fingerprint density at radius 3 is 2.32 bits per heavy atom. The first-order valence-electron chi connectivity index (χ1n) is 5.55. The lowest BCUT2D eigenvalue weighted by molar-refractivity contribution is -0.133. The SMILES string of the molecule is NC(=S)N1CCN(C(=O)Cn2nc(Br)nc2Br)CC1. The number of amides is 1. The third kappa shape index (κ3) is 3.63. The molecule has 1 aliphatic rings. The molecule has 0 aromatic carbocycles. The highest BCUT2D eigenvalue weighted by atomic mass is 79.9. The van der Waals surface area contributed by atoms with Crippen LogP contribution in [0.25, 0.3) is 0 Å². The van der Waals surface area contributed by atoms with Gasteiger partial charge >= 0.3 is 0 Å². The van der Waals surface area contributed by atoms with Crippen LogP contribution in [0.1, 0.15) is 0 Å². The number of thiocarbonyl (C=S) groups is 1. The molecular formula is C9H12Br2N6OS. The molecule has 0 bridgehead atoms. The van der Waals surface area contributed by atoms with E-state index in [9.17, 15) is 4.79 Å². The summed E-state index contributed by atoms with van der Waals surface area (Å²) in [6.45, 7) is 2.73. The van der Waals surface area contributed by atoms with E-state index in [-0.39, 0.29) is 12.5 Å². The number of aromatic nitrogens is 3. The minimum atomic E-state index is 0.000639. The molecule has 2 rings (SSSR count). The van der Waals surface area contributed by atoms with Crippen LogP contribution in [0.2, 0.25) is 0 Å². The number of halogens is 2. The second-order valence-corrected chi connectivity index (χ2v) is 5.85. The van der Waals surface area contributed by atoms with Crippen LogP contribution in [-0.4, -0.2) is 61.8 Å². The zero-order valence-electron chi connectivity index (χ0n) is 9.92. The van der Waals surface area contributed by atoms with Crippen LogP contribution in [0.15, 0.2) is 9.47 Å². The van der Waals surface area contributed by atoms with Gasteiger partial charge in [-0.1, -0.05) is 0 Å². The molecule has 0 spiro atoms. The van der Waals surface area contributed by atoms with E-state index in [1.54, 1.807) is 4.90 Å². The molecule has 1 aromatic rings. The number of hydrogen-bond acceptors (Lipinski definition) is 4. The van der Waals surface area contributed by atoms with Crippen molar-refractivity contribution in [1.29, 1.82) is 0 Å². The van der Waals surface area contributed by atoms with E-state index in [1.165, 1.54) is 4.68 Å². The van der Waals surface area contributed by atoms with E-state index in [1.807, 2.05) is 4.90 Å². The fourth-order valence-corrected chi connectivity index (χ4v) is 2.95. The summed E-state index contributed by atoms with van der Waals surface area (Å²) in [6.07, 6.45) is 0. The Bertz CT molecular complexity index is 499. The quantitative estimate of drug-likeness (QED) is 0.699. The number of carbonyl (C=O) groups is 1. The fourth-order valence-electron chi connectivity index (χ4n) is 1.80. The van der Waals surface area contributed by atoms with Crippen LogP contribution in [-0.2, 0) is 11.3 Å². The number of piperazine rings is 1. The van der Waals surface area contributed by atoms with Crippen molar-refractivity contribution in [2.45, 2.75) is 6.54 Å². The van der Waals surface area contributed by atoms with Gasteiger partial charge in [0.15, 0.2) is 9.85 Å². The number of carbonyl (C=O) groups excluding carboxylic acids is 1. The Balaban J connectivity index is 1.91. The van der Waals surface area contributed by atoms with Crippen molar-refractivity contribution in [3.63, 3.8) is 0 Å². The van der Waals surface area contributed by atoms with Gasteiger partial charge in [0.2, 0.25) is 10.6 Å². The van der Waals surface area contributed by atoms with Gasteiger partial charge in [-0.25, -0.2) is 4.68 Å². The first kappa shape index (κ1) is 14.7. The van der Waals surface area contributed by atoms with Gasteiger partial charge in [0.25, 0.3) is 0 Å². The summed E-state index contributed by atoms with van der Waals surface area (Å²) in [4.78, 5) is 19.8. The Morgan fingerprint density at radius 1 is 1.26 bits per heavy atom. The molecule has 2 N–H and O–H groups in total. The highest BCUT2D eigenvalue weighted by Gasteiger charge is 2.22. The van der Waals surface area contributed by atoms with Crippen molar-refractivity contribution in [3.05, 3.63) is 9.47 Å². The van der Waals surface area contributed by atoms with Crippen LogP contribution >= 0.6 is 44.1 Å².